The Morgan fingerprint density at radius 3 is 2.50 bits per heavy atom. The molecule has 0 bridgehead atoms. The highest BCUT2D eigenvalue weighted by molar-refractivity contribution is 5.92. The minimum absolute atomic E-state index is 0.0538. The topological polar surface area (TPSA) is 96.0 Å². The van der Waals surface area contributed by atoms with E-state index >= 15 is 0 Å². The molecule has 3 aliphatic rings. The number of unbranched alkanes of at least 4 members (excludes halogenated alkanes) is 5. The molecule has 1 N–H and O–H groups in total. The number of likely N-dealkylation sites (tertiary alicyclic amines) is 2. The van der Waals surface area contributed by atoms with E-state index < -0.39 is 11.3 Å². The highest BCUT2D eigenvalue weighted by atomic mass is 16.5. The smallest absolute Gasteiger partial charge is 0.317 e. The van der Waals surface area contributed by atoms with Crippen LogP contribution in [0.15, 0.2) is 11.8 Å². The normalized spacial score (nSPS) is 24.7. The van der Waals surface area contributed by atoms with Crippen LogP contribution in [0.5, 0.6) is 0 Å². The number of methoxy groups -OCH3 is 1. The van der Waals surface area contributed by atoms with Crippen LogP contribution in [0.25, 0.3) is 0 Å². The molecule has 2 heterocycles. The number of hydrogen-bond acceptors (Lipinski definition) is 5. The maximum atomic E-state index is 13.7. The fourth-order valence-electron chi connectivity index (χ4n) is 6.57. The van der Waals surface area contributed by atoms with Crippen molar-refractivity contribution in [2.75, 3.05) is 33.3 Å². The molecule has 3 amide bonds. The summed E-state index contributed by atoms with van der Waals surface area (Å²) in [6.45, 7) is 8.95. The fourth-order valence-corrected chi connectivity index (χ4v) is 6.57. The summed E-state index contributed by atoms with van der Waals surface area (Å²) < 4.78 is 5.34. The Bertz CT molecular complexity index is 898. The van der Waals surface area contributed by atoms with Gasteiger partial charge >= 0.3 is 5.97 Å². The SMILES string of the molecule is CCCCCCCCN1C(=O)[C@H](CC(=O)NCCCN2CCCC2=O)C[C@@]2(C(=O)OC)CC(C)(C)CC=C12. The summed E-state index contributed by atoms with van der Waals surface area (Å²) in [5.41, 5.74) is -0.230. The molecule has 0 radical (unpaired) electrons. The molecule has 38 heavy (non-hydrogen) atoms. The summed E-state index contributed by atoms with van der Waals surface area (Å²) in [7, 11) is 1.41. The molecular weight excluding hydrogens is 482 g/mol. The molecular formula is C30H49N3O5. The van der Waals surface area contributed by atoms with Crippen molar-refractivity contribution in [3.63, 3.8) is 0 Å². The lowest BCUT2D eigenvalue weighted by Gasteiger charge is -2.51. The van der Waals surface area contributed by atoms with Gasteiger partial charge in [-0.1, -0.05) is 59.0 Å². The van der Waals surface area contributed by atoms with Crippen LogP contribution in [0.4, 0.5) is 0 Å². The van der Waals surface area contributed by atoms with Crippen LogP contribution in [-0.2, 0) is 23.9 Å². The number of ether oxygens (including phenoxy) is 1. The minimum atomic E-state index is -0.909. The second-order valence-corrected chi connectivity index (χ2v) is 12.3. The van der Waals surface area contributed by atoms with E-state index in [2.05, 4.69) is 32.2 Å². The molecule has 0 aromatic carbocycles. The zero-order valence-electron chi connectivity index (χ0n) is 24.1. The first kappa shape index (κ1) is 30.2. The largest absolute Gasteiger partial charge is 0.468 e. The van der Waals surface area contributed by atoms with Gasteiger partial charge in [-0.2, -0.15) is 0 Å². The Labute approximate surface area is 228 Å². The number of amides is 3. The van der Waals surface area contributed by atoms with Crippen molar-refractivity contribution >= 4 is 23.7 Å². The molecule has 8 nitrogen and oxygen atoms in total. The highest BCUT2D eigenvalue weighted by Crippen LogP contribution is 2.54. The van der Waals surface area contributed by atoms with Crippen molar-refractivity contribution in [3.05, 3.63) is 11.8 Å². The van der Waals surface area contributed by atoms with Gasteiger partial charge in [-0.05, 0) is 43.9 Å². The third-order valence-electron chi connectivity index (χ3n) is 8.46. The molecule has 214 valence electrons. The first-order chi connectivity index (χ1) is 18.1. The van der Waals surface area contributed by atoms with E-state index in [0.717, 1.165) is 44.3 Å². The third kappa shape index (κ3) is 7.38. The lowest BCUT2D eigenvalue weighted by atomic mass is 9.59. The van der Waals surface area contributed by atoms with Gasteiger partial charge in [0.2, 0.25) is 17.7 Å². The van der Waals surface area contributed by atoms with Gasteiger partial charge in [0.25, 0.3) is 0 Å². The van der Waals surface area contributed by atoms with Gasteiger partial charge < -0.3 is 19.9 Å². The van der Waals surface area contributed by atoms with Gasteiger partial charge in [-0.15, -0.1) is 0 Å². The van der Waals surface area contributed by atoms with E-state index in [0.29, 0.717) is 45.3 Å². The second kappa shape index (κ2) is 13.6. The van der Waals surface area contributed by atoms with Gasteiger partial charge in [0.05, 0.1) is 7.11 Å². The Kier molecular flexibility index (Phi) is 10.8. The van der Waals surface area contributed by atoms with Crippen molar-refractivity contribution in [1.82, 2.24) is 15.1 Å². The Hall–Kier alpha value is -2.38. The Morgan fingerprint density at radius 2 is 1.82 bits per heavy atom. The highest BCUT2D eigenvalue weighted by Gasteiger charge is 2.57. The maximum Gasteiger partial charge on any atom is 0.317 e. The van der Waals surface area contributed by atoms with Crippen LogP contribution >= 0.6 is 0 Å². The molecule has 2 aliphatic heterocycles. The zero-order valence-corrected chi connectivity index (χ0v) is 24.1. The summed E-state index contributed by atoms with van der Waals surface area (Å²) >= 11 is 0. The molecule has 2 atom stereocenters. The number of rotatable bonds is 14. The van der Waals surface area contributed by atoms with Crippen molar-refractivity contribution in [1.29, 1.82) is 0 Å². The summed E-state index contributed by atoms with van der Waals surface area (Å²) in [5, 5.41) is 2.94. The number of allylic oxidation sites excluding steroid dienone is 1. The number of nitrogens with zero attached hydrogens (tertiary/aromatic N) is 2. The molecule has 1 aliphatic carbocycles. The molecule has 0 aromatic rings. The first-order valence-corrected chi connectivity index (χ1v) is 14.8. The number of carbonyl (C=O) groups is 4. The summed E-state index contributed by atoms with van der Waals surface area (Å²) in [6, 6.07) is 0. The maximum absolute atomic E-state index is 13.7. The molecule has 0 spiro atoms. The van der Waals surface area contributed by atoms with Gasteiger partial charge in [-0.3, -0.25) is 19.2 Å². The van der Waals surface area contributed by atoms with Crippen LogP contribution < -0.4 is 5.32 Å². The van der Waals surface area contributed by atoms with E-state index in [1.165, 1.54) is 26.4 Å². The number of esters is 1. The number of piperidine rings is 1. The first-order valence-electron chi connectivity index (χ1n) is 14.8. The van der Waals surface area contributed by atoms with E-state index in [4.69, 9.17) is 4.74 Å². The van der Waals surface area contributed by atoms with Crippen molar-refractivity contribution < 1.29 is 23.9 Å². The summed E-state index contributed by atoms with van der Waals surface area (Å²) in [4.78, 5) is 55.5. The number of hydrogen-bond donors (Lipinski definition) is 1. The van der Waals surface area contributed by atoms with E-state index in [-0.39, 0.29) is 35.5 Å². The third-order valence-corrected chi connectivity index (χ3v) is 8.46. The van der Waals surface area contributed by atoms with Crippen LogP contribution in [0.3, 0.4) is 0 Å². The lowest BCUT2D eigenvalue weighted by Crippen LogP contribution is -2.56. The average molecular weight is 532 g/mol. The molecule has 2 fully saturated rings. The minimum Gasteiger partial charge on any atom is -0.468 e. The van der Waals surface area contributed by atoms with Crippen LogP contribution in [0.2, 0.25) is 0 Å². The monoisotopic (exact) mass is 531 g/mol. The van der Waals surface area contributed by atoms with Crippen molar-refractivity contribution in [2.45, 2.75) is 104 Å². The second-order valence-electron chi connectivity index (χ2n) is 12.3. The predicted molar refractivity (Wildman–Crippen MR) is 147 cm³/mol. The number of nitrogens with one attached hydrogen (secondary N) is 1. The predicted octanol–water partition coefficient (Wildman–Crippen LogP) is 4.58. The average Bonchev–Trinajstić information content (AvgIpc) is 3.29. The lowest BCUT2D eigenvalue weighted by molar-refractivity contribution is -0.162. The fraction of sp³-hybridized carbons (Fsp3) is 0.800. The van der Waals surface area contributed by atoms with Gasteiger partial charge in [0.15, 0.2) is 0 Å². The number of fused-ring (bicyclic) bond motifs is 1. The van der Waals surface area contributed by atoms with Gasteiger partial charge in [-0.25, -0.2) is 0 Å². The van der Waals surface area contributed by atoms with Crippen molar-refractivity contribution in [2.24, 2.45) is 16.7 Å². The van der Waals surface area contributed by atoms with E-state index in [9.17, 15) is 19.2 Å². The molecule has 2 saturated heterocycles. The number of carbonyl (C=O) groups excluding carboxylic acids is 4. The van der Waals surface area contributed by atoms with E-state index in [1.54, 1.807) is 0 Å². The van der Waals surface area contributed by atoms with E-state index in [1.807, 2.05) is 9.80 Å². The van der Waals surface area contributed by atoms with Crippen molar-refractivity contribution in [3.8, 4) is 0 Å². The van der Waals surface area contributed by atoms with Crippen LogP contribution in [0, 0.1) is 16.7 Å². The zero-order chi connectivity index (χ0) is 27.8. The summed E-state index contributed by atoms with van der Waals surface area (Å²) in [6.07, 6.45) is 12.7. The van der Waals surface area contributed by atoms with Crippen LogP contribution in [0.1, 0.15) is 104 Å². The molecule has 8 heteroatoms. The summed E-state index contributed by atoms with van der Waals surface area (Å²) in [5.74, 6) is -0.931. The van der Waals surface area contributed by atoms with Gasteiger partial charge in [0, 0.05) is 50.6 Å². The standard InChI is InChI=1S/C30H49N3O5/c1-5-6-7-8-9-10-19-33-24-14-15-29(2,3)22-30(24,28(37)38-4)21-23(27(33)36)20-25(34)31-16-12-18-32-17-11-13-26(32)35/h14,23H,5-13,15-22H2,1-4H3,(H,31,34)/t23-,30-/m1/s1. The Morgan fingerprint density at radius 1 is 1.08 bits per heavy atom. The molecule has 0 unspecified atom stereocenters. The molecule has 3 rings (SSSR count). The van der Waals surface area contributed by atoms with Crippen LogP contribution in [-0.4, -0.2) is 66.8 Å². The molecule has 0 saturated carbocycles. The Balaban J connectivity index is 1.69. The van der Waals surface area contributed by atoms with Gasteiger partial charge in [0.1, 0.15) is 5.41 Å². The quantitative estimate of drug-likeness (QED) is 0.262. The molecule has 0 aromatic heterocycles.